The number of hydrogen-bond donors (Lipinski definition) is 0. The summed E-state index contributed by atoms with van der Waals surface area (Å²) in [5.41, 5.74) is 3.37. The van der Waals surface area contributed by atoms with E-state index in [1.807, 2.05) is 243 Å². The molecule has 8 aromatic rings. The van der Waals surface area contributed by atoms with E-state index in [0.29, 0.717) is 6.42 Å². The van der Waals surface area contributed by atoms with Gasteiger partial charge in [-0.2, -0.15) is 0 Å². The van der Waals surface area contributed by atoms with Crippen LogP contribution >= 0.6 is 0 Å². The second-order valence-corrected chi connectivity index (χ2v) is 15.2. The minimum Gasteiger partial charge on any atom is -0.497 e. The van der Waals surface area contributed by atoms with Crippen LogP contribution in [-0.2, 0) is 6.42 Å². The Bertz CT molecular complexity index is 2410. The summed E-state index contributed by atoms with van der Waals surface area (Å²) in [6.45, 7) is 14.0. The van der Waals surface area contributed by atoms with Crippen molar-refractivity contribution in [3.05, 3.63) is 211 Å². The number of benzene rings is 8. The third kappa shape index (κ3) is 32.9. The minimum absolute atomic E-state index is 0.709. The van der Waals surface area contributed by atoms with Crippen molar-refractivity contribution in [2.45, 2.75) is 54.9 Å². The molecule has 8 rings (SSSR count). The quantitative estimate of drug-likeness (QED) is 0.0969. The first-order valence-electron chi connectivity index (χ1n) is 26.8. The van der Waals surface area contributed by atoms with Crippen molar-refractivity contribution in [2.24, 2.45) is 0 Å². The van der Waals surface area contributed by atoms with E-state index in [-0.39, 0.29) is 0 Å². The monoisotopic (exact) mass is 1130 g/mol. The van der Waals surface area contributed by atoms with Crippen molar-refractivity contribution >= 4 is 0 Å². The molecular weight excluding hydrogens is 1040 g/mol. The van der Waals surface area contributed by atoms with Gasteiger partial charge in [-0.15, -0.1) is 0 Å². The molecule has 0 saturated carbocycles. The summed E-state index contributed by atoms with van der Waals surface area (Å²) in [6, 6.07) is 61.3. The lowest BCUT2D eigenvalue weighted by atomic mass is 10.0. The maximum absolute atomic E-state index is 5.43. The molecule has 0 spiro atoms. The Kier molecular flexibility index (Phi) is 46.2. The van der Waals surface area contributed by atoms with Crippen molar-refractivity contribution < 1.29 is 61.6 Å². The van der Waals surface area contributed by atoms with Crippen LogP contribution in [0.2, 0.25) is 0 Å². The summed E-state index contributed by atoms with van der Waals surface area (Å²) in [6.07, 6.45) is 0.709. The summed E-state index contributed by atoms with van der Waals surface area (Å²) >= 11 is 0. The SMILES string of the molecule is CC.CC.CC.COc1ccc(Cc2ccc(OC)cc2OC)c(OC)c1.COc1ccc(OC)cc1.COc1ccc(OC)cc1.COc1ccc(OC)cc1.COc1cccc(C)c1.COc1ccccc1.COc1ccccc1. The largest absolute Gasteiger partial charge is 0.497 e. The maximum atomic E-state index is 5.43. The van der Waals surface area contributed by atoms with Crippen molar-refractivity contribution in [1.29, 1.82) is 0 Å². The van der Waals surface area contributed by atoms with Gasteiger partial charge in [0.25, 0.3) is 0 Å². The zero-order chi connectivity index (χ0) is 61.8. The zero-order valence-corrected chi connectivity index (χ0v) is 52.5. The summed E-state index contributed by atoms with van der Waals surface area (Å²) in [4.78, 5) is 0. The van der Waals surface area contributed by atoms with Gasteiger partial charge in [0.05, 0.1) is 92.4 Å². The van der Waals surface area contributed by atoms with Gasteiger partial charge in [-0.1, -0.05) is 102 Å². The van der Waals surface area contributed by atoms with Crippen LogP contribution in [0.4, 0.5) is 0 Å². The number of hydrogen-bond acceptors (Lipinski definition) is 13. The van der Waals surface area contributed by atoms with E-state index >= 15 is 0 Å². The summed E-state index contributed by atoms with van der Waals surface area (Å²) in [5.74, 6) is 11.0. The van der Waals surface area contributed by atoms with E-state index in [1.54, 1.807) is 92.4 Å². The van der Waals surface area contributed by atoms with Crippen LogP contribution in [0.1, 0.15) is 58.2 Å². The molecule has 0 aromatic heterocycles. The lowest BCUT2D eigenvalue weighted by Crippen LogP contribution is -1.98. The van der Waals surface area contributed by atoms with E-state index in [4.69, 9.17) is 61.6 Å². The molecule has 13 nitrogen and oxygen atoms in total. The Morgan fingerprint density at radius 3 is 0.610 bits per heavy atom. The van der Waals surface area contributed by atoms with E-state index in [0.717, 1.165) is 85.9 Å². The predicted molar refractivity (Wildman–Crippen MR) is 338 cm³/mol. The molecule has 0 atom stereocenters. The van der Waals surface area contributed by atoms with E-state index in [2.05, 4.69) is 0 Å². The molecule has 0 saturated heterocycles. The summed E-state index contributed by atoms with van der Waals surface area (Å²) < 4.78 is 65.9. The Hall–Kier alpha value is -8.84. The fourth-order valence-corrected chi connectivity index (χ4v) is 6.19. The van der Waals surface area contributed by atoms with Gasteiger partial charge in [-0.05, 0) is 145 Å². The topological polar surface area (TPSA) is 120 Å². The van der Waals surface area contributed by atoms with Crippen LogP contribution in [0, 0.1) is 6.92 Å². The highest BCUT2D eigenvalue weighted by Gasteiger charge is 2.11. The van der Waals surface area contributed by atoms with Crippen LogP contribution in [-0.4, -0.2) is 92.4 Å². The van der Waals surface area contributed by atoms with Crippen LogP contribution in [0.25, 0.3) is 0 Å². The first-order valence-corrected chi connectivity index (χ1v) is 26.8. The van der Waals surface area contributed by atoms with Crippen molar-refractivity contribution in [3.8, 4) is 74.7 Å². The Morgan fingerprint density at radius 2 is 0.415 bits per heavy atom. The molecular formula is C69H94O13. The van der Waals surface area contributed by atoms with Gasteiger partial charge in [0.2, 0.25) is 0 Å². The highest BCUT2D eigenvalue weighted by atomic mass is 16.5. The standard InChI is InChI=1S/C17H20O4.3C8H10O2.C8H10O.2C7H8O.3C2H6/c1-18-14-7-5-12(16(10-14)20-3)9-13-6-8-15(19-2)11-17(13)21-4;3*1-9-7-3-5-8(10-2)6-4-7;1-7-4-3-5-8(6-7)9-2;2*1-8-7-5-3-2-4-6-7;3*1-2/h5-8,10-11H,9H2,1-4H3;3*3-6H,1-2H3;3-6H,1-2H3;2*2-6H,1H3;3*1-2H3. The molecule has 82 heavy (non-hydrogen) atoms. The molecule has 0 unspecified atom stereocenters. The lowest BCUT2D eigenvalue weighted by Gasteiger charge is -2.13. The summed E-state index contributed by atoms with van der Waals surface area (Å²) in [5, 5.41) is 0. The molecule has 0 aliphatic heterocycles. The van der Waals surface area contributed by atoms with E-state index in [1.165, 1.54) is 5.56 Å². The number of methoxy groups -OCH3 is 13. The molecule has 0 heterocycles. The second-order valence-electron chi connectivity index (χ2n) is 15.2. The van der Waals surface area contributed by atoms with Gasteiger partial charge >= 0.3 is 0 Å². The fourth-order valence-electron chi connectivity index (χ4n) is 6.19. The van der Waals surface area contributed by atoms with E-state index < -0.39 is 0 Å². The molecule has 0 bridgehead atoms. The molecule has 0 aliphatic rings. The zero-order valence-electron chi connectivity index (χ0n) is 52.5. The van der Waals surface area contributed by atoms with Crippen LogP contribution in [0.5, 0.6) is 74.7 Å². The van der Waals surface area contributed by atoms with Crippen LogP contribution in [0.15, 0.2) is 194 Å². The number of ether oxygens (including phenoxy) is 13. The normalized spacial score (nSPS) is 8.78. The van der Waals surface area contributed by atoms with E-state index in [9.17, 15) is 0 Å². The first-order chi connectivity index (χ1) is 40.0. The second kappa shape index (κ2) is 50.4. The molecule has 0 amide bonds. The van der Waals surface area contributed by atoms with Crippen molar-refractivity contribution in [1.82, 2.24) is 0 Å². The number of para-hydroxylation sites is 2. The molecule has 0 aliphatic carbocycles. The smallest absolute Gasteiger partial charge is 0.126 e. The van der Waals surface area contributed by atoms with Gasteiger partial charge in [0.15, 0.2) is 0 Å². The third-order valence-electron chi connectivity index (χ3n) is 10.4. The summed E-state index contributed by atoms with van der Waals surface area (Å²) in [7, 11) is 21.4. The number of aryl methyl sites for hydroxylation is 1. The number of rotatable bonds is 15. The lowest BCUT2D eigenvalue weighted by molar-refractivity contribution is 0.388. The molecule has 0 radical (unpaired) electrons. The average Bonchev–Trinajstić information content (AvgIpc) is 3.60. The molecule has 448 valence electrons. The Labute approximate surface area is 492 Å². The highest BCUT2D eigenvalue weighted by molar-refractivity contribution is 5.48. The molecule has 13 heteroatoms. The first kappa shape index (κ1) is 75.2. The predicted octanol–water partition coefficient (Wildman–Crippen LogP) is 16.9. The van der Waals surface area contributed by atoms with Gasteiger partial charge in [-0.25, -0.2) is 0 Å². The van der Waals surface area contributed by atoms with Gasteiger partial charge in [0.1, 0.15) is 74.7 Å². The maximum Gasteiger partial charge on any atom is 0.126 e. The molecule has 0 N–H and O–H groups in total. The van der Waals surface area contributed by atoms with Crippen molar-refractivity contribution in [3.63, 3.8) is 0 Å². The minimum atomic E-state index is 0.709. The molecule has 0 fully saturated rings. The average molecular weight is 1130 g/mol. The van der Waals surface area contributed by atoms with Crippen LogP contribution in [0.3, 0.4) is 0 Å². The highest BCUT2D eigenvalue weighted by Crippen LogP contribution is 2.31. The van der Waals surface area contributed by atoms with Gasteiger partial charge in [-0.3, -0.25) is 0 Å². The van der Waals surface area contributed by atoms with Gasteiger partial charge in [0, 0.05) is 18.6 Å². The molecule has 8 aromatic carbocycles. The van der Waals surface area contributed by atoms with Gasteiger partial charge < -0.3 is 61.6 Å². The van der Waals surface area contributed by atoms with Crippen LogP contribution < -0.4 is 61.6 Å². The Morgan fingerprint density at radius 1 is 0.207 bits per heavy atom. The third-order valence-corrected chi connectivity index (χ3v) is 10.4. The van der Waals surface area contributed by atoms with Crippen molar-refractivity contribution in [2.75, 3.05) is 92.4 Å². The fraction of sp³-hybridized carbons (Fsp3) is 0.304. The Balaban J connectivity index is 0.